The monoisotopic (exact) mass is 355 g/mol. The lowest BCUT2D eigenvalue weighted by atomic mass is 9.98. The van der Waals surface area contributed by atoms with Crippen LogP contribution >= 0.6 is 0 Å². The van der Waals surface area contributed by atoms with Crippen molar-refractivity contribution in [3.63, 3.8) is 0 Å². The molecule has 2 heterocycles. The molecule has 1 unspecified atom stereocenters. The zero-order chi connectivity index (χ0) is 17.9. The molecule has 1 aromatic heterocycles. The van der Waals surface area contributed by atoms with Crippen LogP contribution in [0.5, 0.6) is 5.75 Å². The molecular weight excluding hydrogens is 326 g/mol. The molecule has 2 fully saturated rings. The van der Waals surface area contributed by atoms with Crippen LogP contribution in [0.4, 0.5) is 0 Å². The summed E-state index contributed by atoms with van der Waals surface area (Å²) in [5.74, 6) is 1.16. The Morgan fingerprint density at radius 1 is 1.12 bits per heavy atom. The maximum atomic E-state index is 12.4. The summed E-state index contributed by atoms with van der Waals surface area (Å²) in [4.78, 5) is 14.8. The van der Waals surface area contributed by atoms with Gasteiger partial charge in [0.2, 0.25) is 0 Å². The predicted molar refractivity (Wildman–Crippen MR) is 104 cm³/mol. The summed E-state index contributed by atoms with van der Waals surface area (Å²) in [5, 5.41) is 0.992. The zero-order valence-electron chi connectivity index (χ0n) is 15.7. The van der Waals surface area contributed by atoms with Gasteiger partial charge in [-0.15, -0.1) is 0 Å². The van der Waals surface area contributed by atoms with E-state index < -0.39 is 0 Å². The quantitative estimate of drug-likeness (QED) is 0.729. The molecular formula is C22H29NO3. The molecule has 1 atom stereocenters. The van der Waals surface area contributed by atoms with E-state index in [1.165, 1.54) is 38.6 Å². The van der Waals surface area contributed by atoms with Crippen LogP contribution in [-0.2, 0) is 0 Å². The lowest BCUT2D eigenvalue weighted by Crippen LogP contribution is -2.37. The second-order valence-electron chi connectivity index (χ2n) is 7.94. The first-order valence-corrected chi connectivity index (χ1v) is 10.1. The van der Waals surface area contributed by atoms with Gasteiger partial charge >= 0.3 is 5.63 Å². The van der Waals surface area contributed by atoms with Gasteiger partial charge in [-0.2, -0.15) is 0 Å². The molecule has 140 valence electrons. The van der Waals surface area contributed by atoms with Crippen molar-refractivity contribution in [3.05, 3.63) is 40.2 Å². The van der Waals surface area contributed by atoms with E-state index in [9.17, 15) is 4.79 Å². The van der Waals surface area contributed by atoms with Crippen LogP contribution in [0.25, 0.3) is 11.0 Å². The summed E-state index contributed by atoms with van der Waals surface area (Å²) in [7, 11) is 2.20. The minimum absolute atomic E-state index is 0.176. The highest BCUT2D eigenvalue weighted by molar-refractivity contribution is 5.78. The maximum absolute atomic E-state index is 12.4. The molecule has 0 amide bonds. The van der Waals surface area contributed by atoms with Gasteiger partial charge in [-0.3, -0.25) is 0 Å². The van der Waals surface area contributed by atoms with Crippen LogP contribution in [-0.4, -0.2) is 31.1 Å². The van der Waals surface area contributed by atoms with Crippen molar-refractivity contribution in [2.75, 3.05) is 20.2 Å². The first-order valence-electron chi connectivity index (χ1n) is 10.1. The Labute approximate surface area is 155 Å². The van der Waals surface area contributed by atoms with Crippen LogP contribution < -0.4 is 10.4 Å². The van der Waals surface area contributed by atoms with Crippen LogP contribution in [0.3, 0.4) is 0 Å². The largest absolute Gasteiger partial charge is 0.493 e. The SMILES string of the molecule is CN1CCCCC1CCOc1ccc2cc(C3CCCC3)c(=O)oc2c1. The Bertz CT molecular complexity index is 807. The summed E-state index contributed by atoms with van der Waals surface area (Å²) in [5.41, 5.74) is 1.30. The molecule has 4 rings (SSSR count). The Hall–Kier alpha value is -1.81. The second kappa shape index (κ2) is 7.83. The van der Waals surface area contributed by atoms with E-state index in [2.05, 4.69) is 11.9 Å². The van der Waals surface area contributed by atoms with E-state index in [1.807, 2.05) is 24.3 Å². The maximum Gasteiger partial charge on any atom is 0.339 e. The molecule has 0 spiro atoms. The molecule has 0 bridgehead atoms. The third kappa shape index (κ3) is 3.80. The molecule has 1 aliphatic heterocycles. The summed E-state index contributed by atoms with van der Waals surface area (Å²) in [6.45, 7) is 1.89. The standard InChI is InChI=1S/C22H29NO3/c1-23-12-5-4-8-18(23)11-13-25-19-10-9-17-14-20(16-6-2-3-7-16)22(24)26-21(17)15-19/h9-10,14-16,18H,2-8,11-13H2,1H3. The van der Waals surface area contributed by atoms with Gasteiger partial charge in [-0.25, -0.2) is 4.79 Å². The number of benzene rings is 1. The summed E-state index contributed by atoms with van der Waals surface area (Å²) < 4.78 is 11.6. The second-order valence-corrected chi connectivity index (χ2v) is 7.94. The number of piperidine rings is 1. The lowest BCUT2D eigenvalue weighted by molar-refractivity contribution is 0.153. The highest BCUT2D eigenvalue weighted by Crippen LogP contribution is 2.34. The van der Waals surface area contributed by atoms with E-state index in [4.69, 9.17) is 9.15 Å². The number of ether oxygens (including phenoxy) is 1. The Morgan fingerprint density at radius 3 is 2.73 bits per heavy atom. The van der Waals surface area contributed by atoms with Gasteiger partial charge < -0.3 is 14.1 Å². The normalized spacial score (nSPS) is 22.1. The number of hydrogen-bond acceptors (Lipinski definition) is 4. The Morgan fingerprint density at radius 2 is 1.92 bits per heavy atom. The van der Waals surface area contributed by atoms with E-state index in [-0.39, 0.29) is 5.63 Å². The molecule has 0 N–H and O–H groups in total. The Balaban J connectivity index is 1.43. The van der Waals surface area contributed by atoms with Gasteiger partial charge in [0.05, 0.1) is 6.61 Å². The Kier molecular flexibility index (Phi) is 5.30. The van der Waals surface area contributed by atoms with E-state index >= 15 is 0 Å². The first kappa shape index (κ1) is 17.6. The molecule has 2 aromatic rings. The van der Waals surface area contributed by atoms with Crippen LogP contribution in [0.2, 0.25) is 0 Å². The van der Waals surface area contributed by atoms with Crippen LogP contribution in [0.15, 0.2) is 33.5 Å². The third-order valence-electron chi connectivity index (χ3n) is 6.17. The molecule has 1 aliphatic carbocycles. The van der Waals surface area contributed by atoms with Gasteiger partial charge in [0, 0.05) is 23.1 Å². The minimum Gasteiger partial charge on any atom is -0.493 e. The van der Waals surface area contributed by atoms with Crippen molar-refractivity contribution in [1.29, 1.82) is 0 Å². The molecule has 1 saturated carbocycles. The van der Waals surface area contributed by atoms with Crippen molar-refractivity contribution in [3.8, 4) is 5.75 Å². The first-order chi connectivity index (χ1) is 12.7. The number of rotatable bonds is 5. The lowest BCUT2D eigenvalue weighted by Gasteiger charge is -2.32. The average Bonchev–Trinajstić information content (AvgIpc) is 3.17. The van der Waals surface area contributed by atoms with Gasteiger partial charge in [-0.1, -0.05) is 19.3 Å². The van der Waals surface area contributed by atoms with Gasteiger partial charge in [-0.05, 0) is 69.8 Å². The predicted octanol–water partition coefficient (Wildman–Crippen LogP) is 4.70. The van der Waals surface area contributed by atoms with Gasteiger partial charge in [0.15, 0.2) is 0 Å². The van der Waals surface area contributed by atoms with Crippen LogP contribution in [0.1, 0.15) is 62.8 Å². The average molecular weight is 355 g/mol. The molecule has 26 heavy (non-hydrogen) atoms. The smallest absolute Gasteiger partial charge is 0.339 e. The summed E-state index contributed by atoms with van der Waals surface area (Å²) >= 11 is 0. The highest BCUT2D eigenvalue weighted by Gasteiger charge is 2.21. The van der Waals surface area contributed by atoms with Crippen molar-refractivity contribution < 1.29 is 9.15 Å². The topological polar surface area (TPSA) is 42.7 Å². The molecule has 4 heteroatoms. The number of fused-ring (bicyclic) bond motifs is 1. The van der Waals surface area contributed by atoms with E-state index in [1.54, 1.807) is 0 Å². The van der Waals surface area contributed by atoms with Crippen molar-refractivity contribution in [2.24, 2.45) is 0 Å². The number of hydrogen-bond donors (Lipinski definition) is 0. The number of likely N-dealkylation sites (tertiary alicyclic amines) is 1. The van der Waals surface area contributed by atoms with Crippen molar-refractivity contribution in [1.82, 2.24) is 4.90 Å². The summed E-state index contributed by atoms with van der Waals surface area (Å²) in [6, 6.07) is 8.51. The zero-order valence-corrected chi connectivity index (χ0v) is 15.7. The van der Waals surface area contributed by atoms with Gasteiger partial charge in [0.25, 0.3) is 0 Å². The fourth-order valence-corrected chi connectivity index (χ4v) is 4.54. The molecule has 4 nitrogen and oxygen atoms in total. The molecule has 0 radical (unpaired) electrons. The molecule has 2 aliphatic rings. The fraction of sp³-hybridized carbons (Fsp3) is 0.591. The number of nitrogens with zero attached hydrogens (tertiary/aromatic N) is 1. The van der Waals surface area contributed by atoms with E-state index in [0.717, 1.165) is 36.0 Å². The van der Waals surface area contributed by atoms with Gasteiger partial charge in [0.1, 0.15) is 11.3 Å². The minimum atomic E-state index is -0.176. The summed E-state index contributed by atoms with van der Waals surface area (Å²) in [6.07, 6.45) is 9.56. The van der Waals surface area contributed by atoms with E-state index in [0.29, 0.717) is 24.1 Å². The molecule has 1 aromatic carbocycles. The van der Waals surface area contributed by atoms with Crippen LogP contribution in [0, 0.1) is 0 Å². The highest BCUT2D eigenvalue weighted by atomic mass is 16.5. The molecule has 1 saturated heterocycles. The van der Waals surface area contributed by atoms with Crippen molar-refractivity contribution >= 4 is 11.0 Å². The van der Waals surface area contributed by atoms with Crippen molar-refractivity contribution in [2.45, 2.75) is 63.3 Å². The fourth-order valence-electron chi connectivity index (χ4n) is 4.54. The third-order valence-corrected chi connectivity index (χ3v) is 6.17.